The van der Waals surface area contributed by atoms with Crippen molar-refractivity contribution in [1.82, 2.24) is 14.8 Å². The molecule has 0 aliphatic carbocycles. The average Bonchev–Trinajstić information content (AvgIpc) is 3.25. The van der Waals surface area contributed by atoms with Crippen LogP contribution in [0.3, 0.4) is 0 Å². The van der Waals surface area contributed by atoms with Gasteiger partial charge in [-0.1, -0.05) is 38.1 Å². The highest BCUT2D eigenvalue weighted by molar-refractivity contribution is 5.69. The van der Waals surface area contributed by atoms with Crippen LogP contribution in [0.5, 0.6) is 0 Å². The van der Waals surface area contributed by atoms with Gasteiger partial charge in [0.25, 0.3) is 0 Å². The molecule has 0 spiro atoms. The van der Waals surface area contributed by atoms with E-state index in [2.05, 4.69) is 31.3 Å². The van der Waals surface area contributed by atoms with E-state index in [4.69, 9.17) is 15.3 Å². The van der Waals surface area contributed by atoms with E-state index in [-0.39, 0.29) is 0 Å². The summed E-state index contributed by atoms with van der Waals surface area (Å²) in [4.78, 5) is 6.58. The van der Waals surface area contributed by atoms with Crippen molar-refractivity contribution in [3.05, 3.63) is 76.5 Å². The SMILES string of the molecule is CC1=C(C#N)[C@@H](c2ccc(C#N)cc2)n2nc(NCC(C)C)nc2N1c1cccc(CF)c1. The van der Waals surface area contributed by atoms with E-state index >= 15 is 0 Å². The third kappa shape index (κ3) is 4.16. The zero-order chi connectivity index (χ0) is 23.5. The van der Waals surface area contributed by atoms with Gasteiger partial charge in [0, 0.05) is 17.9 Å². The first kappa shape index (κ1) is 22.0. The fraction of sp³-hybridized carbons (Fsp3) is 0.280. The van der Waals surface area contributed by atoms with E-state index in [1.54, 1.807) is 35.0 Å². The van der Waals surface area contributed by atoms with Crippen LogP contribution >= 0.6 is 0 Å². The average molecular weight is 442 g/mol. The molecule has 33 heavy (non-hydrogen) atoms. The molecule has 0 fully saturated rings. The van der Waals surface area contributed by atoms with Crippen LogP contribution in [0.15, 0.2) is 59.8 Å². The van der Waals surface area contributed by atoms with Gasteiger partial charge < -0.3 is 5.32 Å². The molecule has 166 valence electrons. The molecule has 0 bridgehead atoms. The highest BCUT2D eigenvalue weighted by atomic mass is 19.1. The number of alkyl halides is 1. The molecule has 8 heteroatoms. The molecule has 0 unspecified atom stereocenters. The van der Waals surface area contributed by atoms with Gasteiger partial charge in [-0.05, 0) is 48.2 Å². The zero-order valence-electron chi connectivity index (χ0n) is 18.7. The number of fused-ring (bicyclic) bond motifs is 1. The quantitative estimate of drug-likeness (QED) is 0.563. The van der Waals surface area contributed by atoms with Crippen LogP contribution in [-0.4, -0.2) is 21.3 Å². The minimum absolute atomic E-state index is 0.395. The third-order valence-electron chi connectivity index (χ3n) is 5.52. The first-order valence-electron chi connectivity index (χ1n) is 10.7. The number of allylic oxidation sites excluding steroid dienone is 2. The fourth-order valence-corrected chi connectivity index (χ4v) is 3.88. The van der Waals surface area contributed by atoms with Crippen molar-refractivity contribution in [3.8, 4) is 12.1 Å². The van der Waals surface area contributed by atoms with E-state index in [1.165, 1.54) is 0 Å². The molecule has 1 aliphatic rings. The number of benzene rings is 2. The largest absolute Gasteiger partial charge is 0.353 e. The Labute approximate surface area is 192 Å². The van der Waals surface area contributed by atoms with Gasteiger partial charge in [-0.15, -0.1) is 5.10 Å². The predicted octanol–water partition coefficient (Wildman–Crippen LogP) is 5.23. The molecule has 1 aromatic heterocycles. The molecule has 3 aromatic rings. The summed E-state index contributed by atoms with van der Waals surface area (Å²) in [6, 6.07) is 18.2. The first-order valence-corrected chi connectivity index (χ1v) is 10.7. The summed E-state index contributed by atoms with van der Waals surface area (Å²) in [7, 11) is 0. The number of hydrogen-bond donors (Lipinski definition) is 1. The number of halogens is 1. The number of nitrogens with one attached hydrogen (secondary N) is 1. The predicted molar refractivity (Wildman–Crippen MR) is 124 cm³/mol. The Bertz CT molecular complexity index is 1280. The number of nitriles is 2. The summed E-state index contributed by atoms with van der Waals surface area (Å²) in [6.07, 6.45) is 0. The van der Waals surface area contributed by atoms with Gasteiger partial charge in [0.2, 0.25) is 11.9 Å². The molecule has 1 aliphatic heterocycles. The lowest BCUT2D eigenvalue weighted by Gasteiger charge is -2.34. The molecule has 0 radical (unpaired) electrons. The summed E-state index contributed by atoms with van der Waals surface area (Å²) >= 11 is 0. The van der Waals surface area contributed by atoms with E-state index in [0.29, 0.717) is 52.4 Å². The maximum atomic E-state index is 13.4. The Kier molecular flexibility index (Phi) is 6.10. The number of anilines is 3. The van der Waals surface area contributed by atoms with Crippen molar-refractivity contribution in [1.29, 1.82) is 10.5 Å². The standard InChI is InChI=1S/C25H24FN7/c1-16(2)15-29-24-30-25-32(21-6-4-5-19(11-21)12-26)17(3)22(14-28)23(33(25)31-24)20-9-7-18(13-27)8-10-20/h4-11,16,23H,12,15H2,1-3H3,(H,29,31)/t23-/m1/s1. The number of nitrogens with zero attached hydrogens (tertiary/aromatic N) is 6. The van der Waals surface area contributed by atoms with Crippen molar-refractivity contribution in [2.75, 3.05) is 16.8 Å². The topological polar surface area (TPSA) is 93.6 Å². The van der Waals surface area contributed by atoms with E-state index in [1.807, 2.05) is 30.0 Å². The van der Waals surface area contributed by atoms with Crippen LogP contribution in [0.25, 0.3) is 0 Å². The van der Waals surface area contributed by atoms with Gasteiger partial charge in [-0.2, -0.15) is 15.5 Å². The number of aromatic nitrogens is 3. The third-order valence-corrected chi connectivity index (χ3v) is 5.52. The lowest BCUT2D eigenvalue weighted by Crippen LogP contribution is -2.30. The van der Waals surface area contributed by atoms with Crippen LogP contribution in [0.1, 0.15) is 43.5 Å². The minimum Gasteiger partial charge on any atom is -0.353 e. The van der Waals surface area contributed by atoms with E-state index in [9.17, 15) is 9.65 Å². The molecule has 4 rings (SSSR count). The molecule has 2 heterocycles. The molecular weight excluding hydrogens is 417 g/mol. The second kappa shape index (κ2) is 9.13. The summed E-state index contributed by atoms with van der Waals surface area (Å²) in [5.41, 5.74) is 3.80. The zero-order valence-corrected chi connectivity index (χ0v) is 18.7. The van der Waals surface area contributed by atoms with Gasteiger partial charge in [0.15, 0.2) is 0 Å². The molecule has 0 saturated heterocycles. The van der Waals surface area contributed by atoms with Crippen LogP contribution in [-0.2, 0) is 6.67 Å². The van der Waals surface area contributed by atoms with Crippen molar-refractivity contribution < 1.29 is 4.39 Å². The molecule has 1 N–H and O–H groups in total. The maximum Gasteiger partial charge on any atom is 0.244 e. The van der Waals surface area contributed by atoms with Crippen molar-refractivity contribution in [2.24, 2.45) is 5.92 Å². The van der Waals surface area contributed by atoms with E-state index in [0.717, 1.165) is 5.56 Å². The first-order chi connectivity index (χ1) is 16.0. The Hall–Kier alpha value is -4.17. The van der Waals surface area contributed by atoms with Crippen LogP contribution in [0.4, 0.5) is 22.0 Å². The van der Waals surface area contributed by atoms with Gasteiger partial charge in [-0.3, -0.25) is 4.90 Å². The van der Waals surface area contributed by atoms with Crippen molar-refractivity contribution >= 4 is 17.6 Å². The fourth-order valence-electron chi connectivity index (χ4n) is 3.88. The highest BCUT2D eigenvalue weighted by Gasteiger charge is 2.36. The molecular formula is C25H24FN7. The Morgan fingerprint density at radius 3 is 2.52 bits per heavy atom. The smallest absolute Gasteiger partial charge is 0.244 e. The van der Waals surface area contributed by atoms with Crippen LogP contribution in [0.2, 0.25) is 0 Å². The maximum absolute atomic E-state index is 13.4. The van der Waals surface area contributed by atoms with Gasteiger partial charge in [-0.25, -0.2) is 9.07 Å². The molecule has 0 amide bonds. The monoisotopic (exact) mass is 441 g/mol. The van der Waals surface area contributed by atoms with Crippen LogP contribution < -0.4 is 10.2 Å². The Morgan fingerprint density at radius 2 is 1.88 bits per heavy atom. The summed E-state index contributed by atoms with van der Waals surface area (Å²) in [5.74, 6) is 1.38. The Balaban J connectivity index is 1.90. The highest BCUT2D eigenvalue weighted by Crippen LogP contribution is 2.42. The second-order valence-electron chi connectivity index (χ2n) is 8.34. The van der Waals surface area contributed by atoms with E-state index < -0.39 is 12.7 Å². The van der Waals surface area contributed by atoms with Crippen LogP contribution in [0, 0.1) is 28.6 Å². The van der Waals surface area contributed by atoms with Gasteiger partial charge in [0.1, 0.15) is 12.7 Å². The molecule has 2 aromatic carbocycles. The minimum atomic E-state index is -0.586. The summed E-state index contributed by atoms with van der Waals surface area (Å²) in [5, 5.41) is 27.3. The lowest BCUT2D eigenvalue weighted by molar-refractivity contribution is 0.485. The number of hydrogen-bond acceptors (Lipinski definition) is 6. The molecule has 0 saturated carbocycles. The summed E-state index contributed by atoms with van der Waals surface area (Å²) in [6.45, 7) is 6.15. The van der Waals surface area contributed by atoms with Gasteiger partial charge >= 0.3 is 0 Å². The second-order valence-corrected chi connectivity index (χ2v) is 8.34. The molecule has 7 nitrogen and oxygen atoms in total. The molecule has 1 atom stereocenters. The Morgan fingerprint density at radius 1 is 1.12 bits per heavy atom. The van der Waals surface area contributed by atoms with Gasteiger partial charge in [0.05, 0.1) is 23.3 Å². The summed E-state index contributed by atoms with van der Waals surface area (Å²) < 4.78 is 15.1. The number of rotatable bonds is 6. The normalized spacial score (nSPS) is 15.2. The van der Waals surface area contributed by atoms with Crippen molar-refractivity contribution in [2.45, 2.75) is 33.5 Å². The van der Waals surface area contributed by atoms with Crippen molar-refractivity contribution in [3.63, 3.8) is 0 Å². The lowest BCUT2D eigenvalue weighted by atomic mass is 9.95.